The standard InChI is InChI=1S/C35H26N4/c36-35-33(30-17-15-28(16-18-30)26-9-5-2-6-10-26)23-31(24-34(35)39-38-32-19-21-37-22-20-32)29-13-11-27(12-14-29)25-7-3-1-4-8-25/h1-24,36H,(H,37,38)/b36-35?,39-34-. The molecule has 0 unspecified atom stereocenters. The molecule has 1 aliphatic rings. The minimum absolute atomic E-state index is 0.369. The lowest BCUT2D eigenvalue weighted by molar-refractivity contribution is 1.28. The second kappa shape index (κ2) is 11.0. The molecule has 5 aromatic rings. The number of hydrazone groups is 1. The number of hydrogen-bond acceptors (Lipinski definition) is 4. The van der Waals surface area contributed by atoms with Gasteiger partial charge in [-0.25, -0.2) is 0 Å². The Morgan fingerprint density at radius 3 is 1.56 bits per heavy atom. The van der Waals surface area contributed by atoms with E-state index in [1.807, 2.05) is 42.5 Å². The fraction of sp³-hybridized carbons (Fsp3) is 0. The third kappa shape index (κ3) is 5.36. The van der Waals surface area contributed by atoms with Gasteiger partial charge >= 0.3 is 0 Å². The van der Waals surface area contributed by atoms with Crippen molar-refractivity contribution < 1.29 is 0 Å². The number of pyridine rings is 1. The van der Waals surface area contributed by atoms with Crippen LogP contribution in [0.4, 0.5) is 5.69 Å². The monoisotopic (exact) mass is 502 g/mol. The quantitative estimate of drug-likeness (QED) is 0.181. The van der Waals surface area contributed by atoms with E-state index >= 15 is 0 Å². The second-order valence-corrected chi connectivity index (χ2v) is 9.26. The molecule has 0 amide bonds. The average Bonchev–Trinajstić information content (AvgIpc) is 3.02. The van der Waals surface area contributed by atoms with Crippen LogP contribution < -0.4 is 5.43 Å². The number of benzene rings is 4. The second-order valence-electron chi connectivity index (χ2n) is 9.26. The summed E-state index contributed by atoms with van der Waals surface area (Å²) in [6.45, 7) is 0. The fourth-order valence-electron chi connectivity index (χ4n) is 4.62. The van der Waals surface area contributed by atoms with Gasteiger partial charge in [0.2, 0.25) is 0 Å². The molecule has 186 valence electrons. The lowest BCUT2D eigenvalue weighted by atomic mass is 9.87. The first kappa shape index (κ1) is 24.0. The molecule has 1 heterocycles. The number of hydrogen-bond donors (Lipinski definition) is 2. The molecular weight excluding hydrogens is 476 g/mol. The Morgan fingerprint density at radius 2 is 1.00 bits per heavy atom. The average molecular weight is 503 g/mol. The van der Waals surface area contributed by atoms with Gasteiger partial charge in [0, 0.05) is 18.0 Å². The largest absolute Gasteiger partial charge is 0.298 e. The lowest BCUT2D eigenvalue weighted by Gasteiger charge is -2.18. The maximum atomic E-state index is 9.03. The zero-order valence-corrected chi connectivity index (χ0v) is 21.3. The molecule has 6 rings (SSSR count). The highest BCUT2D eigenvalue weighted by Crippen LogP contribution is 2.31. The van der Waals surface area contributed by atoms with Gasteiger partial charge in [0.25, 0.3) is 0 Å². The van der Waals surface area contributed by atoms with Crippen LogP contribution in [0.25, 0.3) is 33.4 Å². The normalized spacial score (nSPS) is 14.1. The highest BCUT2D eigenvalue weighted by Gasteiger charge is 2.20. The maximum absolute atomic E-state index is 9.03. The Balaban J connectivity index is 1.37. The molecule has 1 aromatic heterocycles. The Morgan fingerprint density at radius 1 is 0.513 bits per heavy atom. The van der Waals surface area contributed by atoms with E-state index in [4.69, 9.17) is 5.41 Å². The Bertz CT molecular complexity index is 1680. The van der Waals surface area contributed by atoms with Gasteiger partial charge in [-0.3, -0.25) is 15.8 Å². The molecule has 0 saturated carbocycles. The van der Waals surface area contributed by atoms with E-state index in [-0.39, 0.29) is 0 Å². The third-order valence-electron chi connectivity index (χ3n) is 6.73. The summed E-state index contributed by atoms with van der Waals surface area (Å²) in [5.74, 6) is 0. The molecule has 0 spiro atoms. The van der Waals surface area contributed by atoms with Gasteiger partial charge in [-0.2, -0.15) is 5.10 Å². The number of allylic oxidation sites excluding steroid dienone is 4. The van der Waals surface area contributed by atoms with Crippen molar-refractivity contribution in [2.45, 2.75) is 0 Å². The van der Waals surface area contributed by atoms with Crippen LogP contribution in [0.1, 0.15) is 11.1 Å². The van der Waals surface area contributed by atoms with Crippen molar-refractivity contribution in [3.63, 3.8) is 0 Å². The fourth-order valence-corrected chi connectivity index (χ4v) is 4.62. The molecule has 1 aliphatic carbocycles. The first-order valence-electron chi connectivity index (χ1n) is 12.8. The molecular formula is C35H26N4. The van der Waals surface area contributed by atoms with E-state index < -0.39 is 0 Å². The zero-order valence-electron chi connectivity index (χ0n) is 21.3. The minimum atomic E-state index is 0.369. The molecule has 4 heteroatoms. The maximum Gasteiger partial charge on any atom is 0.109 e. The SMILES string of the molecule is N=C1C(c2ccc(-c3ccccc3)cc2)=CC(c2ccc(-c3ccccc3)cc2)=C/C1=N/Nc1ccncc1. The van der Waals surface area contributed by atoms with E-state index in [2.05, 4.69) is 107 Å². The van der Waals surface area contributed by atoms with Gasteiger partial charge in [-0.05, 0) is 63.2 Å². The van der Waals surface area contributed by atoms with Crippen molar-refractivity contribution in [1.82, 2.24) is 4.98 Å². The van der Waals surface area contributed by atoms with Crippen LogP contribution in [0, 0.1) is 5.41 Å². The van der Waals surface area contributed by atoms with Gasteiger partial charge in [0.05, 0.1) is 11.4 Å². The molecule has 2 N–H and O–H groups in total. The first-order chi connectivity index (χ1) is 19.2. The summed E-state index contributed by atoms with van der Waals surface area (Å²) < 4.78 is 0. The molecule has 0 bridgehead atoms. The number of anilines is 1. The third-order valence-corrected chi connectivity index (χ3v) is 6.73. The van der Waals surface area contributed by atoms with Crippen LogP contribution in [-0.2, 0) is 0 Å². The first-order valence-corrected chi connectivity index (χ1v) is 12.8. The van der Waals surface area contributed by atoms with Crippen molar-refractivity contribution in [2.75, 3.05) is 5.43 Å². The number of nitrogens with zero attached hydrogens (tertiary/aromatic N) is 2. The predicted molar refractivity (Wildman–Crippen MR) is 163 cm³/mol. The van der Waals surface area contributed by atoms with Crippen molar-refractivity contribution in [3.05, 3.63) is 157 Å². The van der Waals surface area contributed by atoms with Crippen LogP contribution in [0.5, 0.6) is 0 Å². The van der Waals surface area contributed by atoms with Crippen LogP contribution in [0.3, 0.4) is 0 Å². The summed E-state index contributed by atoms with van der Waals surface area (Å²) >= 11 is 0. The Hall–Kier alpha value is -5.35. The summed E-state index contributed by atoms with van der Waals surface area (Å²) in [7, 11) is 0. The smallest absolute Gasteiger partial charge is 0.109 e. The van der Waals surface area contributed by atoms with E-state index in [0.29, 0.717) is 11.4 Å². The van der Waals surface area contributed by atoms with E-state index in [1.54, 1.807) is 12.4 Å². The van der Waals surface area contributed by atoms with Crippen LogP contribution in [0.2, 0.25) is 0 Å². The number of rotatable bonds is 6. The zero-order chi connectivity index (χ0) is 26.4. The molecule has 0 fully saturated rings. The molecule has 0 saturated heterocycles. The van der Waals surface area contributed by atoms with Gasteiger partial charge < -0.3 is 0 Å². The molecule has 0 radical (unpaired) electrons. The van der Waals surface area contributed by atoms with Crippen molar-refractivity contribution >= 4 is 28.3 Å². The van der Waals surface area contributed by atoms with E-state index in [1.165, 1.54) is 11.1 Å². The van der Waals surface area contributed by atoms with Crippen molar-refractivity contribution in [2.24, 2.45) is 5.10 Å². The number of aromatic nitrogens is 1. The van der Waals surface area contributed by atoms with Crippen LogP contribution >= 0.6 is 0 Å². The Kier molecular flexibility index (Phi) is 6.74. The summed E-state index contributed by atoms with van der Waals surface area (Å²) in [5.41, 5.74) is 13.4. The summed E-state index contributed by atoms with van der Waals surface area (Å²) in [5, 5.41) is 13.6. The molecule has 0 atom stereocenters. The van der Waals surface area contributed by atoms with Gasteiger partial charge in [-0.15, -0.1) is 0 Å². The molecule has 4 aromatic carbocycles. The summed E-state index contributed by atoms with van der Waals surface area (Å²) in [4.78, 5) is 4.06. The van der Waals surface area contributed by atoms with Crippen molar-refractivity contribution in [3.8, 4) is 22.3 Å². The van der Waals surface area contributed by atoms with Crippen molar-refractivity contribution in [1.29, 1.82) is 5.41 Å². The highest BCUT2D eigenvalue weighted by atomic mass is 15.3. The highest BCUT2D eigenvalue weighted by molar-refractivity contribution is 6.62. The Labute approximate surface area is 228 Å². The minimum Gasteiger partial charge on any atom is -0.298 e. The molecule has 39 heavy (non-hydrogen) atoms. The van der Waals surface area contributed by atoms with E-state index in [0.717, 1.165) is 39.1 Å². The van der Waals surface area contributed by atoms with Crippen LogP contribution in [-0.4, -0.2) is 16.4 Å². The van der Waals surface area contributed by atoms with Gasteiger partial charge in [0.15, 0.2) is 0 Å². The summed E-state index contributed by atoms with van der Waals surface area (Å²) in [6.07, 6.45) is 7.48. The predicted octanol–water partition coefficient (Wildman–Crippen LogP) is 8.38. The van der Waals surface area contributed by atoms with Crippen LogP contribution in [0.15, 0.2) is 151 Å². The number of nitrogens with one attached hydrogen (secondary N) is 2. The van der Waals surface area contributed by atoms with Gasteiger partial charge in [0.1, 0.15) is 5.71 Å². The van der Waals surface area contributed by atoms with E-state index in [9.17, 15) is 0 Å². The topological polar surface area (TPSA) is 61.1 Å². The molecule has 0 aliphatic heterocycles. The lowest BCUT2D eigenvalue weighted by Crippen LogP contribution is -2.18. The van der Waals surface area contributed by atoms with Gasteiger partial charge in [-0.1, -0.05) is 109 Å². The summed E-state index contributed by atoms with van der Waals surface area (Å²) in [6, 6.07) is 41.3. The molecule has 4 nitrogen and oxygen atoms in total.